The SMILES string of the molecule is COc1ccc(CNC(=O)CC(SC(C)=O)C(=O)O)cc1OC. The van der Waals surface area contributed by atoms with Gasteiger partial charge in [-0.1, -0.05) is 17.8 Å². The number of carbonyl (C=O) groups is 3. The smallest absolute Gasteiger partial charge is 0.317 e. The molecule has 0 saturated carbocycles. The van der Waals surface area contributed by atoms with E-state index in [1.165, 1.54) is 21.1 Å². The quantitative estimate of drug-likeness (QED) is 0.737. The fourth-order valence-electron chi connectivity index (χ4n) is 1.81. The van der Waals surface area contributed by atoms with Crippen molar-refractivity contribution < 1.29 is 29.0 Å². The first-order valence-electron chi connectivity index (χ1n) is 6.75. The van der Waals surface area contributed by atoms with Crippen LogP contribution in [0.2, 0.25) is 0 Å². The Bertz CT molecular complexity index is 589. The van der Waals surface area contributed by atoms with Gasteiger partial charge in [0.25, 0.3) is 0 Å². The molecule has 0 heterocycles. The second-order valence-corrected chi connectivity index (χ2v) is 5.99. The van der Waals surface area contributed by atoms with Gasteiger partial charge in [-0.25, -0.2) is 0 Å². The van der Waals surface area contributed by atoms with E-state index in [0.29, 0.717) is 23.3 Å². The molecule has 0 spiro atoms. The van der Waals surface area contributed by atoms with Crippen LogP contribution < -0.4 is 14.8 Å². The van der Waals surface area contributed by atoms with E-state index >= 15 is 0 Å². The van der Waals surface area contributed by atoms with Crippen LogP contribution in [0.25, 0.3) is 0 Å². The van der Waals surface area contributed by atoms with E-state index in [9.17, 15) is 14.4 Å². The fraction of sp³-hybridized carbons (Fsp3) is 0.400. The lowest BCUT2D eigenvalue weighted by molar-refractivity contribution is -0.138. The Labute approximate surface area is 138 Å². The predicted octanol–water partition coefficient (Wildman–Crippen LogP) is 1.44. The molecular formula is C15H19NO6S. The van der Waals surface area contributed by atoms with Crippen molar-refractivity contribution in [3.8, 4) is 11.5 Å². The van der Waals surface area contributed by atoms with E-state index in [1.807, 2.05) is 0 Å². The molecule has 1 atom stereocenters. The average Bonchev–Trinajstić information content (AvgIpc) is 2.51. The summed E-state index contributed by atoms with van der Waals surface area (Å²) in [5.74, 6) is -0.520. The zero-order valence-corrected chi connectivity index (χ0v) is 13.9. The minimum atomic E-state index is -1.19. The monoisotopic (exact) mass is 341 g/mol. The number of hydrogen-bond donors (Lipinski definition) is 2. The Morgan fingerprint density at radius 1 is 1.22 bits per heavy atom. The maximum Gasteiger partial charge on any atom is 0.317 e. The number of methoxy groups -OCH3 is 2. The van der Waals surface area contributed by atoms with Crippen LogP contribution in [-0.4, -0.2) is 41.6 Å². The van der Waals surface area contributed by atoms with Crippen LogP contribution in [0.4, 0.5) is 0 Å². The van der Waals surface area contributed by atoms with Gasteiger partial charge in [-0.2, -0.15) is 0 Å². The maximum atomic E-state index is 11.8. The van der Waals surface area contributed by atoms with E-state index in [4.69, 9.17) is 14.6 Å². The Balaban J connectivity index is 2.61. The highest BCUT2D eigenvalue weighted by molar-refractivity contribution is 8.14. The number of hydrogen-bond acceptors (Lipinski definition) is 6. The number of carbonyl (C=O) groups excluding carboxylic acids is 2. The van der Waals surface area contributed by atoms with Gasteiger partial charge in [-0.15, -0.1) is 0 Å². The van der Waals surface area contributed by atoms with Gasteiger partial charge in [-0.05, 0) is 17.7 Å². The Kier molecular flexibility index (Phi) is 7.40. The summed E-state index contributed by atoms with van der Waals surface area (Å²) in [6.07, 6.45) is -0.271. The molecule has 0 aliphatic heterocycles. The van der Waals surface area contributed by atoms with Crippen molar-refractivity contribution in [2.75, 3.05) is 14.2 Å². The molecule has 1 aromatic rings. The van der Waals surface area contributed by atoms with Crippen molar-refractivity contribution >= 4 is 28.8 Å². The van der Waals surface area contributed by atoms with Crippen LogP contribution in [-0.2, 0) is 20.9 Å². The van der Waals surface area contributed by atoms with Gasteiger partial charge in [0.15, 0.2) is 16.6 Å². The molecule has 0 saturated heterocycles. The number of aliphatic carboxylic acids is 1. The first kappa shape index (κ1) is 18.8. The van der Waals surface area contributed by atoms with Crippen molar-refractivity contribution in [3.05, 3.63) is 23.8 Å². The first-order chi connectivity index (χ1) is 10.9. The number of ether oxygens (including phenoxy) is 2. The molecule has 1 rings (SSSR count). The van der Waals surface area contributed by atoms with Crippen LogP contribution >= 0.6 is 11.8 Å². The molecule has 0 aromatic heterocycles. The van der Waals surface area contributed by atoms with Gasteiger partial charge in [0.1, 0.15) is 5.25 Å². The van der Waals surface area contributed by atoms with Crippen LogP contribution in [0.15, 0.2) is 18.2 Å². The number of amides is 1. The highest BCUT2D eigenvalue weighted by Gasteiger charge is 2.23. The number of rotatable bonds is 8. The minimum Gasteiger partial charge on any atom is -0.493 e. The van der Waals surface area contributed by atoms with E-state index in [1.54, 1.807) is 18.2 Å². The molecule has 0 bridgehead atoms. The Hall–Kier alpha value is -2.22. The molecule has 1 amide bonds. The summed E-state index contributed by atoms with van der Waals surface area (Å²) in [5.41, 5.74) is 0.780. The summed E-state index contributed by atoms with van der Waals surface area (Å²) in [4.78, 5) is 33.8. The standard InChI is InChI=1S/C15H19NO6S/c1-9(17)23-13(15(19)20)7-14(18)16-8-10-4-5-11(21-2)12(6-10)22-3/h4-6,13H,7-8H2,1-3H3,(H,16,18)(H,19,20). The number of thioether (sulfide) groups is 1. The van der Waals surface area contributed by atoms with E-state index in [2.05, 4.69) is 5.32 Å². The molecule has 0 aliphatic rings. The lowest BCUT2D eigenvalue weighted by Gasteiger charge is -2.12. The Morgan fingerprint density at radius 3 is 2.39 bits per heavy atom. The van der Waals surface area contributed by atoms with Gasteiger partial charge in [0, 0.05) is 19.9 Å². The summed E-state index contributed by atoms with van der Waals surface area (Å²) in [6, 6.07) is 5.20. The summed E-state index contributed by atoms with van der Waals surface area (Å²) in [5, 5.41) is 10.2. The average molecular weight is 341 g/mol. The molecule has 1 aromatic carbocycles. The topological polar surface area (TPSA) is 102 Å². The second kappa shape index (κ2) is 9.04. The normalized spacial score (nSPS) is 11.4. The van der Waals surface area contributed by atoms with Crippen molar-refractivity contribution in [1.29, 1.82) is 0 Å². The zero-order chi connectivity index (χ0) is 17.4. The molecule has 0 aliphatic carbocycles. The van der Waals surface area contributed by atoms with Gasteiger partial charge in [0.05, 0.1) is 14.2 Å². The molecule has 1 unspecified atom stereocenters. The van der Waals surface area contributed by atoms with E-state index < -0.39 is 17.1 Å². The van der Waals surface area contributed by atoms with E-state index in [0.717, 1.165) is 5.56 Å². The maximum absolute atomic E-state index is 11.8. The molecule has 23 heavy (non-hydrogen) atoms. The third kappa shape index (κ3) is 6.19. The Morgan fingerprint density at radius 2 is 1.87 bits per heavy atom. The second-order valence-electron chi connectivity index (χ2n) is 4.61. The highest BCUT2D eigenvalue weighted by atomic mass is 32.2. The molecule has 8 heteroatoms. The van der Waals surface area contributed by atoms with Crippen molar-refractivity contribution in [1.82, 2.24) is 5.32 Å². The molecule has 2 N–H and O–H groups in total. The highest BCUT2D eigenvalue weighted by Crippen LogP contribution is 2.27. The lowest BCUT2D eigenvalue weighted by atomic mass is 10.2. The zero-order valence-electron chi connectivity index (χ0n) is 13.1. The van der Waals surface area contributed by atoms with Gasteiger partial charge >= 0.3 is 5.97 Å². The van der Waals surface area contributed by atoms with Crippen LogP contribution in [0.3, 0.4) is 0 Å². The fourth-order valence-corrected chi connectivity index (χ4v) is 2.55. The van der Waals surface area contributed by atoms with Crippen LogP contribution in [0.1, 0.15) is 18.9 Å². The molecule has 0 fully saturated rings. The lowest BCUT2D eigenvalue weighted by Crippen LogP contribution is -2.30. The third-order valence-corrected chi connectivity index (χ3v) is 3.88. The van der Waals surface area contributed by atoms with Crippen molar-refractivity contribution in [3.63, 3.8) is 0 Å². The summed E-state index contributed by atoms with van der Waals surface area (Å²) in [6.45, 7) is 1.48. The molecular weight excluding hydrogens is 322 g/mol. The van der Waals surface area contributed by atoms with Gasteiger partial charge in [-0.3, -0.25) is 14.4 Å². The summed E-state index contributed by atoms with van der Waals surface area (Å²) in [7, 11) is 3.04. The van der Waals surface area contributed by atoms with Crippen molar-refractivity contribution in [2.24, 2.45) is 0 Å². The minimum absolute atomic E-state index is 0.219. The number of benzene rings is 1. The third-order valence-electron chi connectivity index (χ3n) is 2.89. The summed E-state index contributed by atoms with van der Waals surface area (Å²) >= 11 is 0.633. The van der Waals surface area contributed by atoms with Crippen molar-refractivity contribution in [2.45, 2.75) is 25.1 Å². The predicted molar refractivity (Wildman–Crippen MR) is 85.7 cm³/mol. The van der Waals surface area contributed by atoms with Gasteiger partial charge in [0.2, 0.25) is 5.91 Å². The van der Waals surface area contributed by atoms with Crippen LogP contribution in [0, 0.1) is 0 Å². The van der Waals surface area contributed by atoms with E-state index in [-0.39, 0.29) is 18.1 Å². The molecule has 7 nitrogen and oxygen atoms in total. The number of carboxylic acids is 1. The largest absolute Gasteiger partial charge is 0.493 e. The molecule has 126 valence electrons. The molecule has 0 radical (unpaired) electrons. The first-order valence-corrected chi connectivity index (χ1v) is 7.63. The van der Waals surface area contributed by atoms with Crippen LogP contribution in [0.5, 0.6) is 11.5 Å². The van der Waals surface area contributed by atoms with Gasteiger partial charge < -0.3 is 19.9 Å². The summed E-state index contributed by atoms with van der Waals surface area (Å²) < 4.78 is 10.3. The number of nitrogens with one attached hydrogen (secondary N) is 1. The number of carboxylic acid groups (broad SMARTS) is 1.